The molecule has 1 aliphatic rings. The van der Waals surface area contributed by atoms with Gasteiger partial charge in [0.2, 0.25) is 5.78 Å². The first-order chi connectivity index (χ1) is 14.5. The molecule has 155 valence electrons. The monoisotopic (exact) mass is 422 g/mol. The molecule has 30 heavy (non-hydrogen) atoms. The summed E-state index contributed by atoms with van der Waals surface area (Å²) in [4.78, 5) is 22.1. The van der Waals surface area contributed by atoms with Crippen molar-refractivity contribution in [3.05, 3.63) is 76.7 Å². The Labute approximate surface area is 180 Å². The van der Waals surface area contributed by atoms with Crippen molar-refractivity contribution in [2.45, 2.75) is 31.4 Å². The van der Waals surface area contributed by atoms with Crippen molar-refractivity contribution in [3.8, 4) is 5.75 Å². The maximum absolute atomic E-state index is 13.1. The topological polar surface area (TPSA) is 84.3 Å². The molecule has 3 aromatic rings. The summed E-state index contributed by atoms with van der Waals surface area (Å²) in [6.07, 6.45) is 4.60. The molecule has 1 fully saturated rings. The van der Waals surface area contributed by atoms with Crippen molar-refractivity contribution in [2.24, 2.45) is 5.92 Å². The van der Waals surface area contributed by atoms with Crippen molar-refractivity contribution < 1.29 is 14.6 Å². The fourth-order valence-electron chi connectivity index (χ4n) is 3.76. The Morgan fingerprint density at radius 3 is 2.97 bits per heavy atom. The predicted octanol–water partition coefficient (Wildman–Crippen LogP) is 3.75. The first kappa shape index (κ1) is 20.5. The molecule has 0 bridgehead atoms. The third-order valence-corrected chi connectivity index (χ3v) is 6.35. The van der Waals surface area contributed by atoms with Crippen molar-refractivity contribution in [2.75, 3.05) is 12.4 Å². The largest absolute Gasteiger partial charge is 0.497 e. The number of ether oxygens (including phenoxy) is 1. The van der Waals surface area contributed by atoms with E-state index < -0.39 is 6.10 Å². The number of nitrogens with zero attached hydrogens (tertiary/aromatic N) is 2. The first-order valence-electron chi connectivity index (χ1n) is 9.86. The number of carbonyl (C=O) groups is 1. The molecule has 0 amide bonds. The molecule has 1 radical (unpaired) electrons. The van der Waals surface area contributed by atoms with E-state index in [2.05, 4.69) is 22.2 Å². The summed E-state index contributed by atoms with van der Waals surface area (Å²) >= 11 is 1.42. The third-order valence-electron chi connectivity index (χ3n) is 5.38. The fraction of sp³-hybridized carbons (Fsp3) is 0.304. The van der Waals surface area contributed by atoms with Crippen LogP contribution in [-0.2, 0) is 6.42 Å². The molecule has 0 spiro atoms. The Balaban J connectivity index is 1.50. The lowest BCUT2D eigenvalue weighted by Crippen LogP contribution is -2.20. The van der Waals surface area contributed by atoms with Crippen molar-refractivity contribution >= 4 is 22.9 Å². The van der Waals surface area contributed by atoms with Crippen LogP contribution in [0.1, 0.15) is 39.2 Å². The molecule has 0 saturated heterocycles. The van der Waals surface area contributed by atoms with Crippen LogP contribution in [-0.4, -0.2) is 40.1 Å². The molecule has 0 unspecified atom stereocenters. The standard InChI is InChI=1S/C23H24N3O3S/c1-14-6-17(10-20(14)27)26-23-19(11-24-13-25-23)22(28)21-9-16(12-30-21)7-15-4-3-5-18(8-15)29-2/h3-5,8-9,11-14,17,20,27H,1,6-7,10H2,2H3,(H,24,25,26)/t14-,17-,20+/m1/s1. The number of anilines is 1. The minimum absolute atomic E-state index is 0.0139. The van der Waals surface area contributed by atoms with E-state index in [4.69, 9.17) is 4.74 Å². The summed E-state index contributed by atoms with van der Waals surface area (Å²) in [6.45, 7) is 3.97. The van der Waals surface area contributed by atoms with Gasteiger partial charge in [-0.3, -0.25) is 4.79 Å². The van der Waals surface area contributed by atoms with Crippen molar-refractivity contribution in [3.63, 3.8) is 0 Å². The number of carbonyl (C=O) groups excluding carboxylic acids is 1. The number of ketones is 1. The molecule has 2 N–H and O–H groups in total. The minimum atomic E-state index is -0.431. The van der Waals surface area contributed by atoms with E-state index in [1.165, 1.54) is 17.7 Å². The van der Waals surface area contributed by atoms with Gasteiger partial charge in [-0.15, -0.1) is 11.3 Å². The van der Waals surface area contributed by atoms with E-state index in [0.29, 0.717) is 22.7 Å². The van der Waals surface area contributed by atoms with Crippen LogP contribution < -0.4 is 10.1 Å². The van der Waals surface area contributed by atoms with Gasteiger partial charge in [0.05, 0.1) is 23.7 Å². The molecule has 1 aliphatic carbocycles. The molecule has 2 heterocycles. The maximum Gasteiger partial charge on any atom is 0.208 e. The maximum atomic E-state index is 13.1. The summed E-state index contributed by atoms with van der Waals surface area (Å²) in [7, 11) is 1.65. The van der Waals surface area contributed by atoms with Crippen molar-refractivity contribution in [1.82, 2.24) is 9.97 Å². The molecular weight excluding hydrogens is 398 g/mol. The zero-order valence-electron chi connectivity index (χ0n) is 16.7. The SMILES string of the molecule is [CH2][C@@H]1C[C@@H](Nc2ncncc2C(=O)c2cc(Cc3cccc(OC)c3)cs2)C[C@@H]1O. The van der Waals surface area contributed by atoms with Crippen LogP contribution >= 0.6 is 11.3 Å². The smallest absolute Gasteiger partial charge is 0.208 e. The number of aliphatic hydroxyl groups is 1. The Hall–Kier alpha value is -2.77. The van der Waals surface area contributed by atoms with E-state index >= 15 is 0 Å². The number of methoxy groups -OCH3 is 1. The summed E-state index contributed by atoms with van der Waals surface area (Å²) < 4.78 is 5.28. The second kappa shape index (κ2) is 8.93. The van der Waals surface area contributed by atoms with Gasteiger partial charge in [0.25, 0.3) is 0 Å². The van der Waals surface area contributed by atoms with Crippen LogP contribution in [0.5, 0.6) is 5.75 Å². The summed E-state index contributed by atoms with van der Waals surface area (Å²) in [5.74, 6) is 1.20. The van der Waals surface area contributed by atoms with Gasteiger partial charge in [0, 0.05) is 12.2 Å². The molecule has 3 atom stereocenters. The highest BCUT2D eigenvalue weighted by Crippen LogP contribution is 2.29. The summed E-state index contributed by atoms with van der Waals surface area (Å²) in [5.41, 5.74) is 2.63. The minimum Gasteiger partial charge on any atom is -0.497 e. The van der Waals surface area contributed by atoms with E-state index in [9.17, 15) is 9.90 Å². The van der Waals surface area contributed by atoms with Gasteiger partial charge in [-0.2, -0.15) is 0 Å². The van der Waals surface area contributed by atoms with Crippen LogP contribution in [0.2, 0.25) is 0 Å². The first-order valence-corrected chi connectivity index (χ1v) is 10.7. The average Bonchev–Trinajstić information content (AvgIpc) is 3.34. The number of hydrogen-bond acceptors (Lipinski definition) is 7. The predicted molar refractivity (Wildman–Crippen MR) is 117 cm³/mol. The lowest BCUT2D eigenvalue weighted by molar-refractivity contribution is 0.104. The lowest BCUT2D eigenvalue weighted by Gasteiger charge is -2.15. The number of aliphatic hydroxyl groups excluding tert-OH is 1. The summed E-state index contributed by atoms with van der Waals surface area (Å²) in [6, 6.07) is 9.88. The zero-order valence-corrected chi connectivity index (χ0v) is 17.6. The van der Waals surface area contributed by atoms with Crippen LogP contribution in [0.25, 0.3) is 0 Å². The van der Waals surface area contributed by atoms with E-state index in [0.717, 1.165) is 29.7 Å². The van der Waals surface area contributed by atoms with E-state index in [-0.39, 0.29) is 17.7 Å². The number of nitrogens with one attached hydrogen (secondary N) is 1. The van der Waals surface area contributed by atoms with Crippen LogP contribution in [0.3, 0.4) is 0 Å². The van der Waals surface area contributed by atoms with Crippen LogP contribution in [0.15, 0.2) is 48.2 Å². The highest BCUT2D eigenvalue weighted by atomic mass is 32.1. The second-order valence-electron chi connectivity index (χ2n) is 7.60. The Morgan fingerprint density at radius 2 is 2.20 bits per heavy atom. The molecule has 0 aliphatic heterocycles. The number of benzene rings is 1. The van der Waals surface area contributed by atoms with E-state index in [1.807, 2.05) is 35.7 Å². The van der Waals surface area contributed by atoms with Crippen LogP contribution in [0, 0.1) is 12.8 Å². The van der Waals surface area contributed by atoms with Crippen molar-refractivity contribution in [1.29, 1.82) is 0 Å². The van der Waals surface area contributed by atoms with Gasteiger partial charge in [-0.05, 0) is 66.8 Å². The quantitative estimate of drug-likeness (QED) is 0.564. The lowest BCUT2D eigenvalue weighted by atomic mass is 10.1. The normalized spacial score (nSPS) is 20.8. The number of thiophene rings is 1. The molecule has 2 aromatic heterocycles. The van der Waals surface area contributed by atoms with Gasteiger partial charge in [0.15, 0.2) is 0 Å². The second-order valence-corrected chi connectivity index (χ2v) is 8.51. The number of aromatic nitrogens is 2. The molecule has 4 rings (SSSR count). The average molecular weight is 423 g/mol. The van der Waals surface area contributed by atoms with Gasteiger partial charge in [-0.25, -0.2) is 9.97 Å². The van der Waals surface area contributed by atoms with Crippen LogP contribution in [0.4, 0.5) is 5.82 Å². The van der Waals surface area contributed by atoms with Gasteiger partial charge in [0.1, 0.15) is 17.9 Å². The third kappa shape index (κ3) is 4.52. The van der Waals surface area contributed by atoms with Gasteiger partial charge in [-0.1, -0.05) is 12.1 Å². The molecule has 1 saturated carbocycles. The molecule has 6 nitrogen and oxygen atoms in total. The molecule has 7 heteroatoms. The highest BCUT2D eigenvalue weighted by molar-refractivity contribution is 7.12. The highest BCUT2D eigenvalue weighted by Gasteiger charge is 2.31. The van der Waals surface area contributed by atoms with Gasteiger partial charge >= 0.3 is 0 Å². The Kier molecular flexibility index (Phi) is 6.11. The zero-order chi connectivity index (χ0) is 21.1. The molecule has 1 aromatic carbocycles. The number of rotatable bonds is 7. The summed E-state index contributed by atoms with van der Waals surface area (Å²) in [5, 5.41) is 15.3. The molecular formula is C23H24N3O3S. The van der Waals surface area contributed by atoms with Gasteiger partial charge < -0.3 is 15.2 Å². The Bertz CT molecular complexity index is 1030. The van der Waals surface area contributed by atoms with E-state index in [1.54, 1.807) is 13.3 Å². The fourth-order valence-corrected chi connectivity index (χ4v) is 4.63. The number of hydrogen-bond donors (Lipinski definition) is 2. The Morgan fingerprint density at radius 1 is 1.33 bits per heavy atom.